The van der Waals surface area contributed by atoms with Crippen molar-refractivity contribution in [1.82, 2.24) is 4.57 Å². The number of carbonyl (C=O) groups excluding carboxylic acids is 3. The van der Waals surface area contributed by atoms with Crippen molar-refractivity contribution in [2.75, 3.05) is 24.7 Å². The number of rotatable bonds is 7. The SMILES string of the molecule is CCOC(=O)CN1C(=O)/C(=c2/sc3n(c2=O)[C@@H](c2cccs2)C(C(=O)OCC)=C(c2ccccc2)N=3)c2ccccc21. The molecule has 2 aliphatic heterocycles. The molecular weight excluding hydrogens is 574 g/mol. The third-order valence-corrected chi connectivity index (χ3v) is 8.88. The first-order chi connectivity index (χ1) is 20.4. The van der Waals surface area contributed by atoms with Gasteiger partial charge in [-0.05, 0) is 31.4 Å². The van der Waals surface area contributed by atoms with Gasteiger partial charge in [-0.25, -0.2) is 9.79 Å². The third-order valence-electron chi connectivity index (χ3n) is 6.90. The van der Waals surface area contributed by atoms with Crippen molar-refractivity contribution in [2.45, 2.75) is 19.9 Å². The minimum absolute atomic E-state index is 0.151. The van der Waals surface area contributed by atoms with Crippen LogP contribution in [-0.4, -0.2) is 42.2 Å². The van der Waals surface area contributed by atoms with E-state index in [0.29, 0.717) is 27.3 Å². The van der Waals surface area contributed by atoms with Crippen LogP contribution in [0.2, 0.25) is 0 Å². The number of fused-ring (bicyclic) bond motifs is 2. The average Bonchev–Trinajstić information content (AvgIpc) is 3.71. The highest BCUT2D eigenvalue weighted by Crippen LogP contribution is 2.38. The van der Waals surface area contributed by atoms with Gasteiger partial charge in [-0.3, -0.25) is 23.9 Å². The summed E-state index contributed by atoms with van der Waals surface area (Å²) in [6, 6.07) is 19.2. The maximum Gasteiger partial charge on any atom is 0.338 e. The Morgan fingerprint density at radius 3 is 2.38 bits per heavy atom. The number of amides is 1. The lowest BCUT2D eigenvalue weighted by Crippen LogP contribution is -2.41. The van der Waals surface area contributed by atoms with Crippen LogP contribution in [0.25, 0.3) is 11.3 Å². The third kappa shape index (κ3) is 4.60. The molecule has 212 valence electrons. The van der Waals surface area contributed by atoms with Crippen LogP contribution in [0.4, 0.5) is 5.69 Å². The van der Waals surface area contributed by atoms with Gasteiger partial charge in [0, 0.05) is 16.0 Å². The fraction of sp³-hybridized carbons (Fsp3) is 0.194. The monoisotopic (exact) mass is 599 g/mol. The van der Waals surface area contributed by atoms with E-state index in [9.17, 15) is 19.2 Å². The molecule has 0 bridgehead atoms. The van der Waals surface area contributed by atoms with Crippen LogP contribution < -0.4 is 19.8 Å². The second-order valence-electron chi connectivity index (χ2n) is 9.36. The molecule has 0 saturated heterocycles. The maximum atomic E-state index is 14.3. The molecule has 1 amide bonds. The summed E-state index contributed by atoms with van der Waals surface area (Å²) >= 11 is 2.49. The molecule has 11 heteroatoms. The molecule has 9 nitrogen and oxygen atoms in total. The number of benzene rings is 2. The lowest BCUT2D eigenvalue weighted by Gasteiger charge is -2.24. The fourth-order valence-electron chi connectivity index (χ4n) is 5.20. The molecule has 1 atom stereocenters. The molecule has 0 spiro atoms. The van der Waals surface area contributed by atoms with E-state index in [1.54, 1.807) is 38.1 Å². The minimum atomic E-state index is -0.813. The summed E-state index contributed by atoms with van der Waals surface area (Å²) in [4.78, 5) is 61.3. The summed E-state index contributed by atoms with van der Waals surface area (Å²) < 4.78 is 12.2. The summed E-state index contributed by atoms with van der Waals surface area (Å²) in [6.45, 7) is 3.47. The van der Waals surface area contributed by atoms with Gasteiger partial charge >= 0.3 is 11.9 Å². The number of para-hydroxylation sites is 1. The number of hydrogen-bond acceptors (Lipinski definition) is 9. The molecule has 2 aromatic heterocycles. The summed E-state index contributed by atoms with van der Waals surface area (Å²) in [6.07, 6.45) is 0. The van der Waals surface area contributed by atoms with Crippen molar-refractivity contribution in [3.63, 3.8) is 0 Å². The van der Waals surface area contributed by atoms with E-state index in [-0.39, 0.29) is 35.4 Å². The van der Waals surface area contributed by atoms with Crippen LogP contribution in [0.3, 0.4) is 0 Å². The predicted octanol–water partition coefficient (Wildman–Crippen LogP) is 3.28. The Morgan fingerprint density at radius 2 is 1.67 bits per heavy atom. The number of carbonyl (C=O) groups is 3. The van der Waals surface area contributed by atoms with Gasteiger partial charge in [0.05, 0.1) is 35.7 Å². The van der Waals surface area contributed by atoms with E-state index in [1.165, 1.54) is 20.8 Å². The lowest BCUT2D eigenvalue weighted by molar-refractivity contribution is -0.142. The highest BCUT2D eigenvalue weighted by atomic mass is 32.1. The van der Waals surface area contributed by atoms with E-state index in [0.717, 1.165) is 16.2 Å². The zero-order valence-electron chi connectivity index (χ0n) is 22.7. The van der Waals surface area contributed by atoms with Gasteiger partial charge in [-0.2, -0.15) is 0 Å². The first-order valence-corrected chi connectivity index (χ1v) is 15.1. The Bertz CT molecular complexity index is 1920. The van der Waals surface area contributed by atoms with E-state index in [4.69, 9.17) is 14.5 Å². The van der Waals surface area contributed by atoms with Crippen molar-refractivity contribution in [2.24, 2.45) is 4.99 Å². The molecule has 0 radical (unpaired) electrons. The van der Waals surface area contributed by atoms with Crippen molar-refractivity contribution in [3.8, 4) is 0 Å². The fourth-order valence-corrected chi connectivity index (χ4v) is 7.11. The molecule has 4 heterocycles. The quantitative estimate of drug-likeness (QED) is 0.302. The number of anilines is 1. The van der Waals surface area contributed by atoms with Crippen LogP contribution in [0.15, 0.2) is 87.5 Å². The van der Waals surface area contributed by atoms with Gasteiger partial charge in [-0.1, -0.05) is 65.9 Å². The van der Waals surface area contributed by atoms with Crippen LogP contribution >= 0.6 is 22.7 Å². The average molecular weight is 600 g/mol. The molecule has 0 saturated carbocycles. The largest absolute Gasteiger partial charge is 0.465 e. The highest BCUT2D eigenvalue weighted by Gasteiger charge is 2.39. The molecule has 2 aliphatic rings. The van der Waals surface area contributed by atoms with E-state index in [1.807, 2.05) is 47.8 Å². The molecule has 0 N–H and O–H groups in total. The summed E-state index contributed by atoms with van der Waals surface area (Å²) in [7, 11) is 0. The van der Waals surface area contributed by atoms with Gasteiger partial charge in [0.1, 0.15) is 17.1 Å². The number of thiophene rings is 1. The Morgan fingerprint density at radius 1 is 0.929 bits per heavy atom. The van der Waals surface area contributed by atoms with Crippen LogP contribution in [0.5, 0.6) is 0 Å². The van der Waals surface area contributed by atoms with Crippen LogP contribution in [-0.2, 0) is 23.9 Å². The maximum absolute atomic E-state index is 14.3. The Kier molecular flexibility index (Phi) is 7.44. The standard InChI is InChI=1S/C31H25N3O6S2/c1-3-39-22(35)17-33-20-14-9-8-13-19(20)23(28(33)36)27-29(37)34-26(21-15-10-16-41-21)24(30(38)40-4-2)25(32-31(34)42-27)18-11-6-5-7-12-18/h5-16,26H,3-4,17H2,1-2H3/b27-23+/t26-/m0/s1. The molecule has 42 heavy (non-hydrogen) atoms. The lowest BCUT2D eigenvalue weighted by atomic mass is 9.97. The smallest absolute Gasteiger partial charge is 0.338 e. The second kappa shape index (κ2) is 11.3. The van der Waals surface area contributed by atoms with Gasteiger partial charge in [0.2, 0.25) is 0 Å². The van der Waals surface area contributed by atoms with E-state index >= 15 is 0 Å². The van der Waals surface area contributed by atoms with Crippen molar-refractivity contribution in [1.29, 1.82) is 0 Å². The molecule has 0 unspecified atom stereocenters. The summed E-state index contributed by atoms with van der Waals surface area (Å²) in [5.41, 5.74) is 2.14. The Hall–Kier alpha value is -4.61. The number of nitrogens with zero attached hydrogens (tertiary/aromatic N) is 3. The van der Waals surface area contributed by atoms with Gasteiger partial charge in [-0.15, -0.1) is 11.3 Å². The van der Waals surface area contributed by atoms with Crippen molar-refractivity contribution < 1.29 is 23.9 Å². The molecular formula is C31H25N3O6S2. The number of esters is 2. The Balaban J connectivity index is 1.64. The number of ether oxygens (including phenoxy) is 2. The molecule has 0 aliphatic carbocycles. The second-order valence-corrected chi connectivity index (χ2v) is 11.3. The summed E-state index contributed by atoms with van der Waals surface area (Å²) in [5.74, 6) is -1.60. The van der Waals surface area contributed by atoms with Gasteiger partial charge < -0.3 is 9.47 Å². The normalized spacial score (nSPS) is 17.0. The zero-order valence-corrected chi connectivity index (χ0v) is 24.4. The Labute approximate surface area is 248 Å². The van der Waals surface area contributed by atoms with Crippen LogP contribution in [0, 0.1) is 0 Å². The molecule has 0 fully saturated rings. The summed E-state index contributed by atoms with van der Waals surface area (Å²) in [5, 5.41) is 1.88. The number of aromatic nitrogens is 1. The van der Waals surface area contributed by atoms with E-state index in [2.05, 4.69) is 0 Å². The molecule has 2 aromatic carbocycles. The highest BCUT2D eigenvalue weighted by molar-refractivity contribution is 7.10. The number of hydrogen-bond donors (Lipinski definition) is 0. The topological polar surface area (TPSA) is 107 Å². The predicted molar refractivity (Wildman–Crippen MR) is 160 cm³/mol. The van der Waals surface area contributed by atoms with Gasteiger partial charge in [0.25, 0.3) is 11.5 Å². The van der Waals surface area contributed by atoms with E-state index < -0.39 is 29.4 Å². The van der Waals surface area contributed by atoms with Crippen LogP contribution in [0.1, 0.15) is 35.9 Å². The minimum Gasteiger partial charge on any atom is -0.465 e. The number of thiazole rings is 1. The van der Waals surface area contributed by atoms with Crippen molar-refractivity contribution in [3.05, 3.63) is 113 Å². The first-order valence-electron chi connectivity index (χ1n) is 13.4. The van der Waals surface area contributed by atoms with Crippen molar-refractivity contribution >= 4 is 57.5 Å². The molecule has 4 aromatic rings. The first kappa shape index (κ1) is 27.6. The zero-order chi connectivity index (χ0) is 29.4. The molecule has 6 rings (SSSR count). The van der Waals surface area contributed by atoms with Gasteiger partial charge in [0.15, 0.2) is 4.80 Å².